The topological polar surface area (TPSA) is 69.7 Å². The van der Waals surface area contributed by atoms with Gasteiger partial charge in [-0.1, -0.05) is 37.3 Å². The second-order valence-corrected chi connectivity index (χ2v) is 9.55. The van der Waals surface area contributed by atoms with Gasteiger partial charge in [0.25, 0.3) is 0 Å². The highest BCUT2D eigenvalue weighted by Crippen LogP contribution is 2.16. The van der Waals surface area contributed by atoms with Gasteiger partial charge in [0.15, 0.2) is 0 Å². The maximum Gasteiger partial charge on any atom is 0.237 e. The summed E-state index contributed by atoms with van der Waals surface area (Å²) in [5.41, 5.74) is 0.566. The van der Waals surface area contributed by atoms with Gasteiger partial charge in [-0.25, -0.2) is 8.42 Å². The number of carbonyl (C=O) groups excluding carboxylic acids is 1. The van der Waals surface area contributed by atoms with Crippen molar-refractivity contribution in [1.82, 2.24) is 14.5 Å². The lowest BCUT2D eigenvalue weighted by Gasteiger charge is -2.38. The maximum absolute atomic E-state index is 12.6. The molecule has 1 N–H and O–H groups in total. The first kappa shape index (κ1) is 20.9. The molecule has 1 aromatic carbocycles. The van der Waals surface area contributed by atoms with E-state index in [0.717, 1.165) is 12.0 Å². The number of carbonyl (C=O) groups is 1. The molecule has 2 rings (SSSR count). The average Bonchev–Trinajstić information content (AvgIpc) is 2.61. The number of amides is 1. The van der Waals surface area contributed by atoms with Gasteiger partial charge < -0.3 is 5.32 Å². The smallest absolute Gasteiger partial charge is 0.237 e. The molecule has 0 spiro atoms. The Labute approximate surface area is 157 Å². The zero-order chi connectivity index (χ0) is 19.4. The minimum atomic E-state index is -3.33. The van der Waals surface area contributed by atoms with Crippen molar-refractivity contribution in [1.29, 1.82) is 0 Å². The predicted molar refractivity (Wildman–Crippen MR) is 104 cm³/mol. The number of sulfonamides is 1. The van der Waals surface area contributed by atoms with Gasteiger partial charge in [0, 0.05) is 31.7 Å². The quantitative estimate of drug-likeness (QED) is 0.782. The summed E-state index contributed by atoms with van der Waals surface area (Å²) in [4.78, 5) is 14.5. The molecule has 1 aliphatic heterocycles. The van der Waals surface area contributed by atoms with E-state index in [4.69, 9.17) is 0 Å². The monoisotopic (exact) mass is 381 g/mol. The molecule has 0 radical (unpaired) electrons. The lowest BCUT2D eigenvalue weighted by molar-refractivity contribution is -0.128. The van der Waals surface area contributed by atoms with Crippen LogP contribution in [0, 0.1) is 0 Å². The van der Waals surface area contributed by atoms with Crippen molar-refractivity contribution in [2.24, 2.45) is 0 Å². The Hall–Kier alpha value is -1.44. The van der Waals surface area contributed by atoms with Gasteiger partial charge in [-0.3, -0.25) is 9.69 Å². The molecule has 146 valence electrons. The average molecular weight is 382 g/mol. The summed E-state index contributed by atoms with van der Waals surface area (Å²) in [5.74, 6) is 0.0200. The van der Waals surface area contributed by atoms with E-state index in [1.807, 2.05) is 58.0 Å². The molecular formula is C19H31N3O3S. The van der Waals surface area contributed by atoms with Gasteiger partial charge in [-0.2, -0.15) is 4.31 Å². The highest BCUT2D eigenvalue weighted by molar-refractivity contribution is 7.88. The van der Waals surface area contributed by atoms with E-state index in [2.05, 4.69) is 10.2 Å². The molecule has 1 atom stereocenters. The summed E-state index contributed by atoms with van der Waals surface area (Å²) in [6.07, 6.45) is 0.858. The van der Waals surface area contributed by atoms with Crippen LogP contribution in [0.25, 0.3) is 0 Å². The SMILES string of the molecule is CCC(C)(C)NC(=O)C(C)N1CCN(S(=O)(=O)Cc2ccccc2)CC1. The van der Waals surface area contributed by atoms with E-state index in [0.29, 0.717) is 26.2 Å². The highest BCUT2D eigenvalue weighted by atomic mass is 32.2. The minimum Gasteiger partial charge on any atom is -0.350 e. The van der Waals surface area contributed by atoms with E-state index >= 15 is 0 Å². The van der Waals surface area contributed by atoms with Crippen molar-refractivity contribution in [3.05, 3.63) is 35.9 Å². The molecule has 26 heavy (non-hydrogen) atoms. The third-order valence-corrected chi connectivity index (χ3v) is 6.98. The third-order valence-electron chi connectivity index (χ3n) is 5.13. The van der Waals surface area contributed by atoms with E-state index in [1.54, 1.807) is 0 Å². The maximum atomic E-state index is 12.6. The molecule has 1 unspecified atom stereocenters. The van der Waals surface area contributed by atoms with Crippen LogP contribution in [0.1, 0.15) is 39.7 Å². The van der Waals surface area contributed by atoms with Crippen LogP contribution in [0.2, 0.25) is 0 Å². The van der Waals surface area contributed by atoms with Crippen LogP contribution in [-0.2, 0) is 20.6 Å². The van der Waals surface area contributed by atoms with E-state index < -0.39 is 10.0 Å². The Morgan fingerprint density at radius 1 is 1.15 bits per heavy atom. The molecular weight excluding hydrogens is 350 g/mol. The molecule has 1 aliphatic rings. The first-order valence-electron chi connectivity index (χ1n) is 9.22. The summed E-state index contributed by atoms with van der Waals surface area (Å²) in [7, 11) is -3.33. The Balaban J connectivity index is 1.91. The first-order valence-corrected chi connectivity index (χ1v) is 10.8. The normalized spacial score (nSPS) is 18.5. The zero-order valence-electron chi connectivity index (χ0n) is 16.2. The van der Waals surface area contributed by atoms with Crippen LogP contribution in [0.15, 0.2) is 30.3 Å². The van der Waals surface area contributed by atoms with Crippen LogP contribution >= 0.6 is 0 Å². The summed E-state index contributed by atoms with van der Waals surface area (Å²) in [6.45, 7) is 9.91. The minimum absolute atomic E-state index is 0.00237. The largest absolute Gasteiger partial charge is 0.350 e. The molecule has 1 aromatic rings. The molecule has 6 nitrogen and oxygen atoms in total. The molecule has 0 aliphatic carbocycles. The van der Waals surface area contributed by atoms with Crippen molar-refractivity contribution >= 4 is 15.9 Å². The van der Waals surface area contributed by atoms with E-state index in [1.165, 1.54) is 4.31 Å². The van der Waals surface area contributed by atoms with Gasteiger partial charge in [-0.15, -0.1) is 0 Å². The fourth-order valence-corrected chi connectivity index (χ4v) is 4.45. The number of nitrogens with zero attached hydrogens (tertiary/aromatic N) is 2. The lowest BCUT2D eigenvalue weighted by Crippen LogP contribution is -2.57. The second-order valence-electron chi connectivity index (χ2n) is 7.58. The number of piperazine rings is 1. The first-order chi connectivity index (χ1) is 12.1. The summed E-state index contributed by atoms with van der Waals surface area (Å²) >= 11 is 0. The zero-order valence-corrected chi connectivity index (χ0v) is 17.1. The summed E-state index contributed by atoms with van der Waals surface area (Å²) < 4.78 is 26.8. The second kappa shape index (κ2) is 8.50. The third kappa shape index (κ3) is 5.53. The molecule has 1 amide bonds. The molecule has 0 bridgehead atoms. The number of rotatable bonds is 7. The van der Waals surface area contributed by atoms with Crippen LogP contribution in [-0.4, -0.2) is 61.3 Å². The van der Waals surface area contributed by atoms with Gasteiger partial charge in [0.05, 0.1) is 11.8 Å². The lowest BCUT2D eigenvalue weighted by atomic mass is 10.0. The van der Waals surface area contributed by atoms with Crippen LogP contribution in [0.3, 0.4) is 0 Å². The Morgan fingerprint density at radius 3 is 2.27 bits per heavy atom. The van der Waals surface area contributed by atoms with Crippen LogP contribution in [0.5, 0.6) is 0 Å². The fourth-order valence-electron chi connectivity index (χ4n) is 2.94. The van der Waals surface area contributed by atoms with Crippen molar-refractivity contribution < 1.29 is 13.2 Å². The van der Waals surface area contributed by atoms with Gasteiger partial charge in [0.1, 0.15) is 0 Å². The van der Waals surface area contributed by atoms with E-state index in [9.17, 15) is 13.2 Å². The molecule has 1 heterocycles. The molecule has 1 fully saturated rings. The molecule has 7 heteroatoms. The van der Waals surface area contributed by atoms with Crippen LogP contribution < -0.4 is 5.32 Å². The van der Waals surface area contributed by atoms with Gasteiger partial charge in [0.2, 0.25) is 15.9 Å². The van der Waals surface area contributed by atoms with Crippen molar-refractivity contribution in [2.45, 2.75) is 51.4 Å². The van der Waals surface area contributed by atoms with Crippen molar-refractivity contribution in [3.8, 4) is 0 Å². The molecule has 0 saturated carbocycles. The fraction of sp³-hybridized carbons (Fsp3) is 0.632. The standard InChI is InChI=1S/C19H31N3O3S/c1-5-19(3,4)20-18(23)16(2)21-11-13-22(14-12-21)26(24,25)15-17-9-7-6-8-10-17/h6-10,16H,5,11-15H2,1-4H3,(H,20,23). The van der Waals surface area contributed by atoms with Crippen molar-refractivity contribution in [2.75, 3.05) is 26.2 Å². The Kier molecular flexibility index (Phi) is 6.82. The van der Waals surface area contributed by atoms with Crippen molar-refractivity contribution in [3.63, 3.8) is 0 Å². The molecule has 1 saturated heterocycles. The van der Waals surface area contributed by atoms with Crippen LogP contribution in [0.4, 0.5) is 0 Å². The highest BCUT2D eigenvalue weighted by Gasteiger charge is 2.32. The Morgan fingerprint density at radius 2 is 1.73 bits per heavy atom. The number of nitrogens with one attached hydrogen (secondary N) is 1. The summed E-state index contributed by atoms with van der Waals surface area (Å²) in [5, 5.41) is 3.06. The van der Waals surface area contributed by atoms with E-state index in [-0.39, 0.29) is 23.2 Å². The number of benzene rings is 1. The predicted octanol–water partition coefficient (Wildman–Crippen LogP) is 1.83. The van der Waals surface area contributed by atoms with Gasteiger partial charge >= 0.3 is 0 Å². The van der Waals surface area contributed by atoms with Gasteiger partial charge in [-0.05, 0) is 32.8 Å². The number of hydrogen-bond acceptors (Lipinski definition) is 4. The summed E-state index contributed by atoms with van der Waals surface area (Å²) in [6, 6.07) is 8.97. The molecule has 0 aromatic heterocycles. The number of hydrogen-bond donors (Lipinski definition) is 1. The Bertz CT molecular complexity index is 696.